The average molecular weight is 340 g/mol. The quantitative estimate of drug-likeness (QED) is 0.861. The minimum absolute atomic E-state index is 0.00562. The van der Waals surface area contributed by atoms with Crippen molar-refractivity contribution in [2.75, 3.05) is 19.5 Å². The predicted molar refractivity (Wildman–Crippen MR) is 103 cm³/mol. The van der Waals surface area contributed by atoms with Gasteiger partial charge in [-0.1, -0.05) is 29.8 Å². The molecule has 2 aromatic carbocycles. The van der Waals surface area contributed by atoms with Gasteiger partial charge in [0, 0.05) is 12.2 Å². The molecule has 1 N–H and O–H groups in total. The van der Waals surface area contributed by atoms with Crippen molar-refractivity contribution in [1.29, 1.82) is 0 Å². The van der Waals surface area contributed by atoms with Crippen molar-refractivity contribution < 1.29 is 9.53 Å². The van der Waals surface area contributed by atoms with Crippen LogP contribution in [0.1, 0.15) is 29.2 Å². The number of methoxy groups -OCH3 is 1. The van der Waals surface area contributed by atoms with Crippen molar-refractivity contribution in [3.63, 3.8) is 0 Å². The van der Waals surface area contributed by atoms with Crippen molar-refractivity contribution in [3.8, 4) is 5.75 Å². The van der Waals surface area contributed by atoms with Crippen molar-refractivity contribution in [1.82, 2.24) is 4.90 Å². The highest BCUT2D eigenvalue weighted by atomic mass is 16.5. The third-order valence-corrected chi connectivity index (χ3v) is 4.56. The summed E-state index contributed by atoms with van der Waals surface area (Å²) in [7, 11) is 3.62. The topological polar surface area (TPSA) is 41.6 Å². The Labute approximate surface area is 150 Å². The molecule has 0 radical (unpaired) electrons. The lowest BCUT2D eigenvalue weighted by molar-refractivity contribution is -0.120. The van der Waals surface area contributed by atoms with Gasteiger partial charge >= 0.3 is 0 Å². The van der Waals surface area contributed by atoms with Crippen molar-refractivity contribution in [2.24, 2.45) is 0 Å². The molecule has 4 heteroatoms. The number of anilines is 1. The maximum absolute atomic E-state index is 12.7. The third-order valence-electron chi connectivity index (χ3n) is 4.56. The Kier molecular flexibility index (Phi) is 6.21. The van der Waals surface area contributed by atoms with Crippen LogP contribution in [0.15, 0.2) is 36.4 Å². The van der Waals surface area contributed by atoms with Crippen LogP contribution in [0.3, 0.4) is 0 Å². The predicted octanol–water partition coefficient (Wildman–Crippen LogP) is 4.08. The Bertz CT molecular complexity index is 715. The lowest BCUT2D eigenvalue weighted by atomic mass is 10.0. The molecule has 2 aromatic rings. The monoisotopic (exact) mass is 340 g/mol. The Morgan fingerprint density at radius 3 is 2.20 bits per heavy atom. The normalized spacial score (nSPS) is 12.1. The summed E-state index contributed by atoms with van der Waals surface area (Å²) < 4.78 is 5.18. The number of aryl methyl sites for hydroxylation is 3. The molecule has 1 amide bonds. The standard InChI is InChI=1S/C21H28N2O2/c1-14-11-15(2)20(16(3)12-14)22-21(24)17(4)23(5)13-18-7-9-19(25-6)10-8-18/h7-12,17H,13H2,1-6H3,(H,22,24)/t17-/m1/s1. The second-order valence-electron chi connectivity index (χ2n) is 6.70. The summed E-state index contributed by atoms with van der Waals surface area (Å²) in [6, 6.07) is 11.9. The molecule has 4 nitrogen and oxygen atoms in total. The van der Waals surface area contributed by atoms with Crippen LogP contribution in [-0.4, -0.2) is 31.0 Å². The van der Waals surface area contributed by atoms with Gasteiger partial charge in [-0.25, -0.2) is 0 Å². The van der Waals surface area contributed by atoms with Gasteiger partial charge in [-0.15, -0.1) is 0 Å². The first-order valence-electron chi connectivity index (χ1n) is 8.53. The number of carbonyl (C=O) groups excluding carboxylic acids is 1. The summed E-state index contributed by atoms with van der Waals surface area (Å²) in [6.07, 6.45) is 0. The van der Waals surface area contributed by atoms with Crippen LogP contribution in [0.2, 0.25) is 0 Å². The molecule has 0 fully saturated rings. The average Bonchev–Trinajstić information content (AvgIpc) is 2.57. The number of nitrogens with one attached hydrogen (secondary N) is 1. The van der Waals surface area contributed by atoms with Gasteiger partial charge < -0.3 is 10.1 Å². The zero-order valence-corrected chi connectivity index (χ0v) is 16.0. The number of rotatable bonds is 6. The van der Waals surface area contributed by atoms with Crippen LogP contribution in [0, 0.1) is 20.8 Å². The van der Waals surface area contributed by atoms with Crippen LogP contribution in [0.25, 0.3) is 0 Å². The summed E-state index contributed by atoms with van der Waals surface area (Å²) >= 11 is 0. The molecule has 0 saturated carbocycles. The van der Waals surface area contributed by atoms with Gasteiger partial charge in [0.25, 0.3) is 0 Å². The fourth-order valence-corrected chi connectivity index (χ4v) is 2.96. The van der Waals surface area contributed by atoms with E-state index < -0.39 is 0 Å². The number of benzene rings is 2. The first-order valence-corrected chi connectivity index (χ1v) is 8.53. The van der Waals surface area contributed by atoms with Gasteiger partial charge in [0.05, 0.1) is 13.2 Å². The number of hydrogen-bond acceptors (Lipinski definition) is 3. The molecule has 134 valence electrons. The highest BCUT2D eigenvalue weighted by Crippen LogP contribution is 2.22. The van der Waals surface area contributed by atoms with E-state index in [0.717, 1.165) is 28.1 Å². The lowest BCUT2D eigenvalue weighted by Crippen LogP contribution is -2.39. The zero-order valence-electron chi connectivity index (χ0n) is 16.0. The van der Waals surface area contributed by atoms with Crippen molar-refractivity contribution >= 4 is 11.6 Å². The second-order valence-corrected chi connectivity index (χ2v) is 6.70. The van der Waals surface area contributed by atoms with Gasteiger partial charge in [-0.3, -0.25) is 9.69 Å². The van der Waals surface area contributed by atoms with Crippen LogP contribution in [-0.2, 0) is 11.3 Å². The van der Waals surface area contributed by atoms with Crippen LogP contribution in [0.4, 0.5) is 5.69 Å². The molecule has 0 aliphatic rings. The van der Waals surface area contributed by atoms with Gasteiger partial charge in [-0.2, -0.15) is 0 Å². The lowest BCUT2D eigenvalue weighted by Gasteiger charge is -2.25. The largest absolute Gasteiger partial charge is 0.497 e. The molecule has 1 atom stereocenters. The van der Waals surface area contributed by atoms with Crippen LogP contribution >= 0.6 is 0 Å². The first kappa shape index (κ1) is 19.0. The third kappa shape index (κ3) is 4.83. The van der Waals surface area contributed by atoms with E-state index in [1.165, 1.54) is 5.56 Å². The van der Waals surface area contributed by atoms with E-state index in [9.17, 15) is 4.79 Å². The summed E-state index contributed by atoms with van der Waals surface area (Å²) in [4.78, 5) is 14.7. The van der Waals surface area contributed by atoms with E-state index in [1.54, 1.807) is 7.11 Å². The Morgan fingerprint density at radius 1 is 1.12 bits per heavy atom. The van der Waals surface area contributed by atoms with Crippen molar-refractivity contribution in [3.05, 3.63) is 58.7 Å². The second kappa shape index (κ2) is 8.17. The Morgan fingerprint density at radius 2 is 1.68 bits per heavy atom. The highest BCUT2D eigenvalue weighted by Gasteiger charge is 2.19. The number of hydrogen-bond donors (Lipinski definition) is 1. The molecule has 0 unspecified atom stereocenters. The highest BCUT2D eigenvalue weighted by molar-refractivity contribution is 5.95. The number of nitrogens with zero attached hydrogens (tertiary/aromatic N) is 1. The summed E-state index contributed by atoms with van der Waals surface area (Å²) in [5, 5.41) is 3.09. The molecule has 2 rings (SSSR count). The summed E-state index contributed by atoms with van der Waals surface area (Å²) in [5.41, 5.74) is 5.45. The molecule has 0 spiro atoms. The minimum Gasteiger partial charge on any atom is -0.497 e. The fraction of sp³-hybridized carbons (Fsp3) is 0.381. The summed E-state index contributed by atoms with van der Waals surface area (Å²) in [5.74, 6) is 0.841. The summed E-state index contributed by atoms with van der Waals surface area (Å²) in [6.45, 7) is 8.75. The van der Waals surface area contributed by atoms with E-state index >= 15 is 0 Å². The van der Waals surface area contributed by atoms with E-state index in [1.807, 2.05) is 57.0 Å². The number of likely N-dealkylation sites (N-methyl/N-ethyl adjacent to an activating group) is 1. The molecule has 0 aliphatic carbocycles. The van der Waals surface area contributed by atoms with Gasteiger partial charge in [0.15, 0.2) is 0 Å². The molecular weight excluding hydrogens is 312 g/mol. The Balaban J connectivity index is 2.03. The first-order chi connectivity index (χ1) is 11.8. The van der Waals surface area contributed by atoms with E-state index in [0.29, 0.717) is 6.54 Å². The van der Waals surface area contributed by atoms with Gasteiger partial charge in [0.2, 0.25) is 5.91 Å². The van der Waals surface area contributed by atoms with Gasteiger partial charge in [0.1, 0.15) is 5.75 Å². The number of ether oxygens (including phenoxy) is 1. The van der Waals surface area contributed by atoms with E-state index in [4.69, 9.17) is 4.74 Å². The SMILES string of the molecule is COc1ccc(CN(C)[C@H](C)C(=O)Nc2c(C)cc(C)cc2C)cc1. The van der Waals surface area contributed by atoms with Crippen LogP contribution in [0.5, 0.6) is 5.75 Å². The maximum atomic E-state index is 12.7. The molecule has 0 bridgehead atoms. The molecule has 0 heterocycles. The van der Waals surface area contributed by atoms with E-state index in [2.05, 4.69) is 24.4 Å². The van der Waals surface area contributed by atoms with E-state index in [-0.39, 0.29) is 11.9 Å². The number of amides is 1. The Hall–Kier alpha value is -2.33. The van der Waals surface area contributed by atoms with Crippen molar-refractivity contribution in [2.45, 2.75) is 40.3 Å². The molecule has 0 saturated heterocycles. The molecule has 0 aliphatic heterocycles. The fourth-order valence-electron chi connectivity index (χ4n) is 2.96. The molecular formula is C21H28N2O2. The zero-order chi connectivity index (χ0) is 18.6. The van der Waals surface area contributed by atoms with Crippen LogP contribution < -0.4 is 10.1 Å². The molecule has 25 heavy (non-hydrogen) atoms. The van der Waals surface area contributed by atoms with Gasteiger partial charge in [-0.05, 0) is 63.6 Å². The smallest absolute Gasteiger partial charge is 0.241 e. The number of carbonyl (C=O) groups is 1. The molecule has 0 aromatic heterocycles. The minimum atomic E-state index is -0.234. The maximum Gasteiger partial charge on any atom is 0.241 e.